The summed E-state index contributed by atoms with van der Waals surface area (Å²) in [5, 5.41) is 0. The normalized spacial score (nSPS) is 12.7. The van der Waals surface area contributed by atoms with Crippen LogP contribution in [0.25, 0.3) is 0 Å². The van der Waals surface area contributed by atoms with Crippen molar-refractivity contribution in [1.29, 1.82) is 0 Å². The molecule has 1 amide bonds. The van der Waals surface area contributed by atoms with E-state index >= 15 is 0 Å². The number of benzene rings is 1. The number of carbonyl (C=O) groups is 1. The minimum atomic E-state index is -0.539. The summed E-state index contributed by atoms with van der Waals surface area (Å²) in [5.41, 5.74) is 0.438. The topological polar surface area (TPSA) is 48.0 Å². The predicted octanol–water partition coefficient (Wildman–Crippen LogP) is 3.42. The van der Waals surface area contributed by atoms with Crippen molar-refractivity contribution < 1.29 is 19.0 Å². The van der Waals surface area contributed by atoms with E-state index in [1.165, 1.54) is 0 Å². The lowest BCUT2D eigenvalue weighted by atomic mass is 10.2. The molecule has 0 aliphatic carbocycles. The molecular weight excluding hydrogens is 270 g/mol. The van der Waals surface area contributed by atoms with Gasteiger partial charge in [0, 0.05) is 7.11 Å². The maximum Gasteiger partial charge on any atom is 0.412 e. The van der Waals surface area contributed by atoms with Crippen molar-refractivity contribution in [2.24, 2.45) is 0 Å². The number of carbonyl (C=O) groups excluding carboxylic acids is 1. The van der Waals surface area contributed by atoms with Gasteiger partial charge in [-0.3, -0.25) is 4.90 Å². The van der Waals surface area contributed by atoms with E-state index in [1.807, 2.05) is 52.0 Å². The Morgan fingerprint density at radius 3 is 2.19 bits per heavy atom. The first-order chi connectivity index (χ1) is 9.76. The predicted molar refractivity (Wildman–Crippen MR) is 81.2 cm³/mol. The molecule has 0 aliphatic rings. The molecule has 0 radical (unpaired) electrons. The quantitative estimate of drug-likeness (QED) is 0.781. The summed E-state index contributed by atoms with van der Waals surface area (Å²) < 4.78 is 15.8. The summed E-state index contributed by atoms with van der Waals surface area (Å²) in [5.74, 6) is 0.780. The summed E-state index contributed by atoms with van der Waals surface area (Å²) in [4.78, 5) is 13.8. The highest BCUT2D eigenvalue weighted by atomic mass is 16.6. The lowest BCUT2D eigenvalue weighted by Gasteiger charge is -2.31. The first-order valence-electron chi connectivity index (χ1n) is 6.92. The smallest absolute Gasteiger partial charge is 0.412 e. The van der Waals surface area contributed by atoms with Crippen molar-refractivity contribution in [2.45, 2.75) is 46.1 Å². The van der Waals surface area contributed by atoms with Crippen molar-refractivity contribution in [3.05, 3.63) is 29.8 Å². The maximum absolute atomic E-state index is 12.3. The highest BCUT2D eigenvalue weighted by molar-refractivity contribution is 5.68. The highest BCUT2D eigenvalue weighted by Crippen LogP contribution is 2.17. The van der Waals surface area contributed by atoms with Crippen LogP contribution in [0.5, 0.6) is 5.75 Å². The Balaban J connectivity index is 2.84. The molecule has 1 rings (SSSR count). The van der Waals surface area contributed by atoms with Crippen LogP contribution in [-0.2, 0) is 16.0 Å². The Bertz CT molecular complexity index is 450. The Labute approximate surface area is 126 Å². The van der Waals surface area contributed by atoms with Crippen LogP contribution in [0.2, 0.25) is 0 Å². The minimum absolute atomic E-state index is 0.373. The molecule has 1 atom stereocenters. The van der Waals surface area contributed by atoms with E-state index in [2.05, 4.69) is 0 Å². The van der Waals surface area contributed by atoms with Crippen LogP contribution in [0.15, 0.2) is 24.3 Å². The summed E-state index contributed by atoms with van der Waals surface area (Å²) >= 11 is 0. The van der Waals surface area contributed by atoms with Gasteiger partial charge in [-0.1, -0.05) is 12.1 Å². The number of rotatable bonds is 5. The first kappa shape index (κ1) is 17.3. The van der Waals surface area contributed by atoms with Gasteiger partial charge in [-0.2, -0.15) is 0 Å². The Morgan fingerprint density at radius 1 is 1.19 bits per heavy atom. The van der Waals surface area contributed by atoms with Crippen LogP contribution in [0.1, 0.15) is 33.3 Å². The lowest BCUT2D eigenvalue weighted by molar-refractivity contribution is -0.0444. The Morgan fingerprint density at radius 2 is 1.76 bits per heavy atom. The molecule has 1 aromatic carbocycles. The van der Waals surface area contributed by atoms with Crippen LogP contribution in [0, 0.1) is 0 Å². The van der Waals surface area contributed by atoms with E-state index in [0.717, 1.165) is 11.3 Å². The standard InChI is InChI=1S/C16H25NO4/c1-12(19-5)17(15(18)21-16(2,3)4)11-13-7-9-14(20-6)10-8-13/h7-10,12H,11H2,1-6H3. The number of nitrogens with zero attached hydrogens (tertiary/aromatic N) is 1. The van der Waals surface area contributed by atoms with Gasteiger partial charge in [0.1, 0.15) is 17.6 Å². The second-order valence-electron chi connectivity index (χ2n) is 5.79. The third-order valence-corrected chi connectivity index (χ3v) is 2.92. The molecule has 0 spiro atoms. The van der Waals surface area contributed by atoms with Gasteiger partial charge in [0.25, 0.3) is 0 Å². The molecule has 5 nitrogen and oxygen atoms in total. The summed E-state index contributed by atoms with van der Waals surface area (Å²) in [6, 6.07) is 7.55. The SMILES string of the molecule is COc1ccc(CN(C(=O)OC(C)(C)C)C(C)OC)cc1. The molecule has 5 heteroatoms. The van der Waals surface area contributed by atoms with Gasteiger partial charge in [0.05, 0.1) is 13.7 Å². The Hall–Kier alpha value is -1.75. The molecule has 0 bridgehead atoms. The molecule has 0 saturated heterocycles. The van der Waals surface area contributed by atoms with Crippen molar-refractivity contribution in [3.63, 3.8) is 0 Å². The van der Waals surface area contributed by atoms with Crippen molar-refractivity contribution in [2.75, 3.05) is 14.2 Å². The van der Waals surface area contributed by atoms with E-state index < -0.39 is 11.7 Å². The minimum Gasteiger partial charge on any atom is -0.497 e. The van der Waals surface area contributed by atoms with Crippen molar-refractivity contribution in [1.82, 2.24) is 4.90 Å². The summed E-state index contributed by atoms with van der Waals surface area (Å²) in [7, 11) is 3.19. The number of hydrogen-bond acceptors (Lipinski definition) is 4. The van der Waals surface area contributed by atoms with Gasteiger partial charge in [0.15, 0.2) is 0 Å². The molecule has 0 aliphatic heterocycles. The number of methoxy groups -OCH3 is 2. The van der Waals surface area contributed by atoms with Crippen LogP contribution >= 0.6 is 0 Å². The van der Waals surface area contributed by atoms with Crippen molar-refractivity contribution >= 4 is 6.09 Å². The second kappa shape index (κ2) is 7.31. The lowest BCUT2D eigenvalue weighted by Crippen LogP contribution is -2.42. The van der Waals surface area contributed by atoms with Gasteiger partial charge >= 0.3 is 6.09 Å². The zero-order valence-corrected chi connectivity index (χ0v) is 13.7. The average molecular weight is 295 g/mol. The van der Waals surface area contributed by atoms with Crippen LogP contribution in [0.3, 0.4) is 0 Å². The molecule has 1 aromatic rings. The highest BCUT2D eigenvalue weighted by Gasteiger charge is 2.26. The summed E-state index contributed by atoms with van der Waals surface area (Å²) in [6.45, 7) is 7.75. The zero-order chi connectivity index (χ0) is 16.0. The molecule has 0 saturated carbocycles. The van der Waals surface area contributed by atoms with Gasteiger partial charge in [-0.25, -0.2) is 4.79 Å². The maximum atomic E-state index is 12.3. The fraction of sp³-hybridized carbons (Fsp3) is 0.562. The fourth-order valence-corrected chi connectivity index (χ4v) is 1.72. The van der Waals surface area contributed by atoms with Gasteiger partial charge < -0.3 is 14.2 Å². The molecule has 0 N–H and O–H groups in total. The van der Waals surface area contributed by atoms with E-state index in [-0.39, 0.29) is 6.23 Å². The molecular formula is C16H25NO4. The first-order valence-corrected chi connectivity index (χ1v) is 6.92. The molecule has 118 valence electrons. The Kier molecular flexibility index (Phi) is 6.03. The van der Waals surface area contributed by atoms with Crippen LogP contribution in [0.4, 0.5) is 4.79 Å². The molecule has 0 fully saturated rings. The fourth-order valence-electron chi connectivity index (χ4n) is 1.72. The third kappa shape index (κ3) is 5.63. The molecule has 1 unspecified atom stereocenters. The molecule has 0 heterocycles. The van der Waals surface area contributed by atoms with E-state index in [1.54, 1.807) is 19.1 Å². The summed E-state index contributed by atoms with van der Waals surface area (Å²) in [6.07, 6.45) is -0.769. The van der Waals surface area contributed by atoms with Crippen LogP contribution < -0.4 is 4.74 Å². The molecule has 0 aromatic heterocycles. The van der Waals surface area contributed by atoms with Gasteiger partial charge in [-0.15, -0.1) is 0 Å². The number of amides is 1. The van der Waals surface area contributed by atoms with E-state index in [9.17, 15) is 4.79 Å². The number of hydrogen-bond donors (Lipinski definition) is 0. The second-order valence-corrected chi connectivity index (χ2v) is 5.79. The zero-order valence-electron chi connectivity index (χ0n) is 13.7. The van der Waals surface area contributed by atoms with Gasteiger partial charge in [-0.05, 0) is 45.4 Å². The number of ether oxygens (including phenoxy) is 3. The molecule has 21 heavy (non-hydrogen) atoms. The average Bonchev–Trinajstić information content (AvgIpc) is 2.42. The largest absolute Gasteiger partial charge is 0.497 e. The van der Waals surface area contributed by atoms with E-state index in [4.69, 9.17) is 14.2 Å². The van der Waals surface area contributed by atoms with Gasteiger partial charge in [0.2, 0.25) is 0 Å². The monoisotopic (exact) mass is 295 g/mol. The van der Waals surface area contributed by atoms with Crippen molar-refractivity contribution in [3.8, 4) is 5.75 Å². The third-order valence-electron chi connectivity index (χ3n) is 2.92. The van der Waals surface area contributed by atoms with Crippen LogP contribution in [-0.4, -0.2) is 37.0 Å². The van der Waals surface area contributed by atoms with E-state index in [0.29, 0.717) is 6.54 Å².